The zero-order valence-electron chi connectivity index (χ0n) is 10.2. The summed E-state index contributed by atoms with van der Waals surface area (Å²) in [6, 6.07) is 0. The summed E-state index contributed by atoms with van der Waals surface area (Å²) in [4.78, 5) is 17.6. The second-order valence-corrected chi connectivity index (χ2v) is 4.40. The van der Waals surface area contributed by atoms with Gasteiger partial charge in [0.2, 0.25) is 11.6 Å². The number of nitrogens with two attached hydrogens (primary N) is 1. The lowest BCUT2D eigenvalue weighted by Crippen LogP contribution is -2.42. The first kappa shape index (κ1) is 13.4. The van der Waals surface area contributed by atoms with Gasteiger partial charge in [-0.1, -0.05) is 0 Å². The van der Waals surface area contributed by atoms with Crippen LogP contribution in [0.1, 0.15) is 12.8 Å². The van der Waals surface area contributed by atoms with E-state index in [-0.39, 0.29) is 23.9 Å². The molecule has 1 aliphatic rings. The maximum Gasteiger partial charge on any atom is 0.352 e. The Morgan fingerprint density at radius 2 is 2.21 bits per heavy atom. The minimum atomic E-state index is -0.953. The number of aromatic nitrogens is 2. The lowest BCUT2D eigenvalue weighted by Gasteiger charge is -2.32. The first-order valence-corrected chi connectivity index (χ1v) is 5.81. The van der Waals surface area contributed by atoms with Crippen LogP contribution in [0, 0.1) is 10.1 Å². The summed E-state index contributed by atoms with van der Waals surface area (Å²) in [5.41, 5.74) is 4.12. The molecule has 19 heavy (non-hydrogen) atoms. The van der Waals surface area contributed by atoms with E-state index in [0.717, 1.165) is 6.33 Å². The van der Waals surface area contributed by atoms with Crippen molar-refractivity contribution in [3.8, 4) is 0 Å². The average Bonchev–Trinajstić information content (AvgIpc) is 2.37. The molecule has 0 radical (unpaired) electrons. The largest absolute Gasteiger partial charge is 0.388 e. The molecule has 0 amide bonds. The predicted molar refractivity (Wildman–Crippen MR) is 66.6 cm³/mol. The van der Waals surface area contributed by atoms with Gasteiger partial charge in [-0.2, -0.15) is 0 Å². The van der Waals surface area contributed by atoms with Crippen molar-refractivity contribution in [3.05, 3.63) is 16.4 Å². The standard InChI is InChI=1S/C10H15N5O4/c11-8-7(15(17)18)9(14-6-13-8)12-5-10(16)1-3-19-4-2-10/h6,16H,1-5H2,(H3,11,12,13,14). The molecule has 0 atom stereocenters. The highest BCUT2D eigenvalue weighted by Crippen LogP contribution is 2.28. The fourth-order valence-electron chi connectivity index (χ4n) is 1.88. The van der Waals surface area contributed by atoms with E-state index in [1.54, 1.807) is 0 Å². The molecule has 0 spiro atoms. The third-order valence-corrected chi connectivity index (χ3v) is 3.04. The molecule has 1 fully saturated rings. The van der Waals surface area contributed by atoms with Crippen LogP contribution in [-0.4, -0.2) is 45.4 Å². The fourth-order valence-corrected chi connectivity index (χ4v) is 1.88. The SMILES string of the molecule is Nc1ncnc(NCC2(O)CCOCC2)c1[N+](=O)[O-]. The molecule has 0 bridgehead atoms. The summed E-state index contributed by atoms with van der Waals surface area (Å²) in [5.74, 6) is -0.195. The molecule has 1 saturated heterocycles. The number of nitrogen functional groups attached to an aromatic ring is 1. The topological polar surface area (TPSA) is 136 Å². The highest BCUT2D eigenvalue weighted by molar-refractivity contribution is 5.67. The quantitative estimate of drug-likeness (QED) is 0.510. The molecule has 0 saturated carbocycles. The molecule has 1 aromatic rings. The highest BCUT2D eigenvalue weighted by Gasteiger charge is 2.31. The molecular formula is C10H15N5O4. The normalized spacial score (nSPS) is 17.9. The molecule has 4 N–H and O–H groups in total. The van der Waals surface area contributed by atoms with Crippen LogP contribution in [0.3, 0.4) is 0 Å². The van der Waals surface area contributed by atoms with E-state index in [0.29, 0.717) is 26.1 Å². The van der Waals surface area contributed by atoms with Gasteiger partial charge in [-0.3, -0.25) is 10.1 Å². The Hall–Kier alpha value is -2.00. The second-order valence-electron chi connectivity index (χ2n) is 4.40. The van der Waals surface area contributed by atoms with Crippen molar-refractivity contribution in [3.63, 3.8) is 0 Å². The molecule has 104 valence electrons. The van der Waals surface area contributed by atoms with E-state index in [4.69, 9.17) is 10.5 Å². The van der Waals surface area contributed by atoms with Crippen LogP contribution < -0.4 is 11.1 Å². The Morgan fingerprint density at radius 3 is 2.84 bits per heavy atom. The van der Waals surface area contributed by atoms with Gasteiger partial charge < -0.3 is 20.9 Å². The maximum absolute atomic E-state index is 10.9. The van der Waals surface area contributed by atoms with Gasteiger partial charge in [-0.15, -0.1) is 0 Å². The Bertz CT molecular complexity index is 475. The van der Waals surface area contributed by atoms with E-state index < -0.39 is 10.5 Å². The summed E-state index contributed by atoms with van der Waals surface area (Å²) in [7, 11) is 0. The lowest BCUT2D eigenvalue weighted by molar-refractivity contribution is -0.383. The number of nitrogens with one attached hydrogen (secondary N) is 1. The number of rotatable bonds is 4. The van der Waals surface area contributed by atoms with Crippen molar-refractivity contribution in [2.24, 2.45) is 0 Å². The van der Waals surface area contributed by atoms with Crippen LogP contribution >= 0.6 is 0 Å². The number of nitrogens with zero attached hydrogens (tertiary/aromatic N) is 3. The summed E-state index contributed by atoms with van der Waals surface area (Å²) >= 11 is 0. The van der Waals surface area contributed by atoms with Crippen LogP contribution in [0.5, 0.6) is 0 Å². The summed E-state index contributed by atoms with van der Waals surface area (Å²) in [6.07, 6.45) is 2.07. The first-order chi connectivity index (χ1) is 9.02. The number of hydrogen-bond acceptors (Lipinski definition) is 8. The molecular weight excluding hydrogens is 254 g/mol. The van der Waals surface area contributed by atoms with Gasteiger partial charge in [0.1, 0.15) is 6.33 Å². The Balaban J connectivity index is 2.11. The van der Waals surface area contributed by atoms with Crippen molar-refractivity contribution >= 4 is 17.3 Å². The Morgan fingerprint density at radius 1 is 1.53 bits per heavy atom. The lowest BCUT2D eigenvalue weighted by atomic mass is 9.94. The van der Waals surface area contributed by atoms with Gasteiger partial charge in [0, 0.05) is 32.6 Å². The number of aliphatic hydroxyl groups is 1. The van der Waals surface area contributed by atoms with Crippen molar-refractivity contribution in [1.29, 1.82) is 0 Å². The zero-order valence-corrected chi connectivity index (χ0v) is 10.2. The van der Waals surface area contributed by atoms with Crippen molar-refractivity contribution in [1.82, 2.24) is 9.97 Å². The molecule has 1 aliphatic heterocycles. The monoisotopic (exact) mass is 269 g/mol. The van der Waals surface area contributed by atoms with E-state index in [2.05, 4.69) is 15.3 Å². The zero-order chi connectivity index (χ0) is 13.9. The molecule has 2 rings (SSSR count). The summed E-state index contributed by atoms with van der Waals surface area (Å²) in [5, 5.41) is 23.9. The Labute approximate surface area is 109 Å². The third-order valence-electron chi connectivity index (χ3n) is 3.04. The van der Waals surface area contributed by atoms with Crippen LogP contribution in [0.25, 0.3) is 0 Å². The van der Waals surface area contributed by atoms with Crippen LogP contribution in [0.2, 0.25) is 0 Å². The molecule has 9 nitrogen and oxygen atoms in total. The number of nitro groups is 1. The van der Waals surface area contributed by atoms with Gasteiger partial charge in [0.25, 0.3) is 0 Å². The summed E-state index contributed by atoms with van der Waals surface area (Å²) < 4.78 is 5.16. The predicted octanol–water partition coefficient (Wildman–Crippen LogP) is -0.0796. The smallest absolute Gasteiger partial charge is 0.352 e. The van der Waals surface area contributed by atoms with Crippen molar-refractivity contribution in [2.45, 2.75) is 18.4 Å². The van der Waals surface area contributed by atoms with Crippen LogP contribution in [0.15, 0.2) is 6.33 Å². The van der Waals surface area contributed by atoms with Gasteiger partial charge in [-0.05, 0) is 0 Å². The first-order valence-electron chi connectivity index (χ1n) is 5.81. The third kappa shape index (κ3) is 3.06. The number of ether oxygens (including phenoxy) is 1. The van der Waals surface area contributed by atoms with Crippen LogP contribution in [-0.2, 0) is 4.74 Å². The molecule has 2 heterocycles. The summed E-state index contributed by atoms with van der Waals surface area (Å²) in [6.45, 7) is 1.08. The van der Waals surface area contributed by atoms with Gasteiger partial charge in [0.05, 0.1) is 10.5 Å². The molecule has 9 heteroatoms. The van der Waals surface area contributed by atoms with Crippen molar-refractivity contribution < 1.29 is 14.8 Å². The maximum atomic E-state index is 10.9. The minimum absolute atomic E-state index is 0.0115. The van der Waals surface area contributed by atoms with E-state index >= 15 is 0 Å². The molecule has 1 aromatic heterocycles. The molecule has 0 unspecified atom stereocenters. The van der Waals surface area contributed by atoms with Crippen molar-refractivity contribution in [2.75, 3.05) is 30.8 Å². The second kappa shape index (κ2) is 5.33. The number of hydrogen-bond donors (Lipinski definition) is 3. The molecule has 0 aliphatic carbocycles. The highest BCUT2D eigenvalue weighted by atomic mass is 16.6. The Kier molecular flexibility index (Phi) is 3.76. The average molecular weight is 269 g/mol. The van der Waals surface area contributed by atoms with E-state index in [9.17, 15) is 15.2 Å². The molecule has 0 aromatic carbocycles. The van der Waals surface area contributed by atoms with E-state index in [1.807, 2.05) is 0 Å². The van der Waals surface area contributed by atoms with Gasteiger partial charge >= 0.3 is 5.69 Å². The van der Waals surface area contributed by atoms with Crippen LogP contribution in [0.4, 0.5) is 17.3 Å². The fraction of sp³-hybridized carbons (Fsp3) is 0.600. The minimum Gasteiger partial charge on any atom is -0.388 e. The number of anilines is 2. The van der Waals surface area contributed by atoms with Gasteiger partial charge in [-0.25, -0.2) is 9.97 Å². The van der Waals surface area contributed by atoms with E-state index in [1.165, 1.54) is 0 Å². The van der Waals surface area contributed by atoms with Gasteiger partial charge in [0.15, 0.2) is 0 Å².